The molecule has 0 bridgehead atoms. The molecule has 1 N–H and O–H groups in total. The van der Waals surface area contributed by atoms with Crippen LogP contribution in [0.2, 0.25) is 0 Å². The number of hydrogen-bond donors (Lipinski definition) is 1. The van der Waals surface area contributed by atoms with E-state index in [1.165, 1.54) is 24.1 Å². The van der Waals surface area contributed by atoms with E-state index in [0.29, 0.717) is 6.04 Å². The molecule has 0 aromatic carbocycles. The molecule has 0 amide bonds. The van der Waals surface area contributed by atoms with Crippen LogP contribution >= 0.6 is 0 Å². The van der Waals surface area contributed by atoms with Crippen LogP contribution in [0.25, 0.3) is 0 Å². The number of nitrogens with zero attached hydrogens (tertiary/aromatic N) is 2. The third-order valence-corrected chi connectivity index (χ3v) is 5.48. The highest BCUT2D eigenvalue weighted by molar-refractivity contribution is 5.18. The number of aromatic nitrogens is 1. The predicted octanol–water partition coefficient (Wildman–Crippen LogP) is 3.38. The van der Waals surface area contributed by atoms with Crippen molar-refractivity contribution in [3.05, 3.63) is 29.6 Å². The molecule has 2 rings (SSSR count). The lowest BCUT2D eigenvalue weighted by Crippen LogP contribution is -2.64. The van der Waals surface area contributed by atoms with Gasteiger partial charge in [-0.3, -0.25) is 9.88 Å². The van der Waals surface area contributed by atoms with Crippen molar-refractivity contribution in [3.63, 3.8) is 0 Å². The molecule has 1 aromatic heterocycles. The van der Waals surface area contributed by atoms with Crippen LogP contribution in [0, 0.1) is 12.8 Å². The first kappa shape index (κ1) is 16.4. The molecule has 1 saturated heterocycles. The molecular weight excluding hydrogens is 258 g/mol. The molecule has 2 heterocycles. The Balaban J connectivity index is 2.17. The first-order valence-electron chi connectivity index (χ1n) is 8.39. The van der Waals surface area contributed by atoms with Crippen molar-refractivity contribution >= 4 is 0 Å². The molecule has 0 saturated carbocycles. The van der Waals surface area contributed by atoms with Gasteiger partial charge in [0.05, 0.1) is 5.69 Å². The van der Waals surface area contributed by atoms with E-state index >= 15 is 0 Å². The molecule has 0 aliphatic carbocycles. The van der Waals surface area contributed by atoms with Gasteiger partial charge in [-0.1, -0.05) is 33.3 Å². The molecular formula is C18H31N3. The fourth-order valence-corrected chi connectivity index (χ4v) is 3.12. The van der Waals surface area contributed by atoms with Gasteiger partial charge >= 0.3 is 0 Å². The predicted molar refractivity (Wildman–Crippen MR) is 89.3 cm³/mol. The standard InChI is InChI=1S/C18H31N3/c1-6-14(3)16-11-21(18(5,7-2)13-20-16)12-17-15(4)9-8-10-19-17/h8-10,14,16,20H,6-7,11-13H2,1-5H3. The highest BCUT2D eigenvalue weighted by atomic mass is 15.3. The Labute approximate surface area is 130 Å². The number of pyridine rings is 1. The zero-order valence-corrected chi connectivity index (χ0v) is 14.3. The average Bonchev–Trinajstić information content (AvgIpc) is 2.50. The highest BCUT2D eigenvalue weighted by Gasteiger charge is 2.37. The van der Waals surface area contributed by atoms with Gasteiger partial charge in [0.15, 0.2) is 0 Å². The normalized spacial score (nSPS) is 28.5. The first-order chi connectivity index (χ1) is 10.00. The lowest BCUT2D eigenvalue weighted by Gasteiger charge is -2.49. The number of piperazine rings is 1. The van der Waals surface area contributed by atoms with Crippen molar-refractivity contribution in [2.75, 3.05) is 13.1 Å². The van der Waals surface area contributed by atoms with E-state index in [1.807, 2.05) is 12.3 Å². The van der Waals surface area contributed by atoms with E-state index < -0.39 is 0 Å². The fourth-order valence-electron chi connectivity index (χ4n) is 3.12. The summed E-state index contributed by atoms with van der Waals surface area (Å²) in [7, 11) is 0. The van der Waals surface area contributed by atoms with Gasteiger partial charge < -0.3 is 5.32 Å². The van der Waals surface area contributed by atoms with Gasteiger partial charge in [-0.25, -0.2) is 0 Å². The van der Waals surface area contributed by atoms with Crippen LogP contribution in [0.4, 0.5) is 0 Å². The molecule has 1 aliphatic rings. The van der Waals surface area contributed by atoms with Gasteiger partial charge in [0.2, 0.25) is 0 Å². The summed E-state index contributed by atoms with van der Waals surface area (Å²) in [4.78, 5) is 7.25. The average molecular weight is 289 g/mol. The Kier molecular flexibility index (Phi) is 5.39. The Bertz CT molecular complexity index is 460. The lowest BCUT2D eigenvalue weighted by atomic mass is 9.87. The minimum Gasteiger partial charge on any atom is -0.311 e. The van der Waals surface area contributed by atoms with Crippen LogP contribution in [0.1, 0.15) is 51.8 Å². The minimum atomic E-state index is 0.230. The molecule has 3 nitrogen and oxygen atoms in total. The largest absolute Gasteiger partial charge is 0.311 e. The van der Waals surface area contributed by atoms with E-state index in [4.69, 9.17) is 0 Å². The summed E-state index contributed by atoms with van der Waals surface area (Å²) in [6.07, 6.45) is 4.32. The smallest absolute Gasteiger partial charge is 0.0573 e. The molecule has 3 heteroatoms. The number of hydrogen-bond acceptors (Lipinski definition) is 3. The lowest BCUT2D eigenvalue weighted by molar-refractivity contribution is 0.0283. The first-order valence-corrected chi connectivity index (χ1v) is 8.39. The molecule has 3 atom stereocenters. The topological polar surface area (TPSA) is 28.2 Å². The fraction of sp³-hybridized carbons (Fsp3) is 0.722. The van der Waals surface area contributed by atoms with Crippen LogP contribution in [0.5, 0.6) is 0 Å². The third-order valence-electron chi connectivity index (χ3n) is 5.48. The molecule has 3 unspecified atom stereocenters. The van der Waals surface area contributed by atoms with Crippen molar-refractivity contribution in [2.45, 2.75) is 65.6 Å². The zero-order valence-electron chi connectivity index (χ0n) is 14.3. The van der Waals surface area contributed by atoms with Gasteiger partial charge in [-0.05, 0) is 37.8 Å². The number of rotatable bonds is 5. The zero-order chi connectivity index (χ0) is 15.5. The second-order valence-electron chi connectivity index (χ2n) is 6.87. The Hall–Kier alpha value is -0.930. The maximum Gasteiger partial charge on any atom is 0.0573 e. The second-order valence-corrected chi connectivity index (χ2v) is 6.87. The minimum absolute atomic E-state index is 0.230. The van der Waals surface area contributed by atoms with Gasteiger partial charge in [-0.15, -0.1) is 0 Å². The summed E-state index contributed by atoms with van der Waals surface area (Å²) in [6, 6.07) is 4.79. The van der Waals surface area contributed by atoms with Crippen LogP contribution in [-0.4, -0.2) is 34.6 Å². The third kappa shape index (κ3) is 3.64. The van der Waals surface area contributed by atoms with Gasteiger partial charge in [0.1, 0.15) is 0 Å². The maximum absolute atomic E-state index is 4.60. The Morgan fingerprint density at radius 2 is 2.24 bits per heavy atom. The second kappa shape index (κ2) is 6.89. The van der Waals surface area contributed by atoms with Crippen molar-refractivity contribution in [1.82, 2.24) is 15.2 Å². The van der Waals surface area contributed by atoms with E-state index in [2.05, 4.69) is 55.9 Å². The molecule has 1 aromatic rings. The molecule has 0 radical (unpaired) electrons. The van der Waals surface area contributed by atoms with Gasteiger partial charge in [0.25, 0.3) is 0 Å². The van der Waals surface area contributed by atoms with E-state index in [9.17, 15) is 0 Å². The summed E-state index contributed by atoms with van der Waals surface area (Å²) >= 11 is 0. The SMILES string of the molecule is CCC(C)C1CN(Cc2ncccc2C)C(C)(CC)CN1. The van der Waals surface area contributed by atoms with Crippen LogP contribution in [0.15, 0.2) is 18.3 Å². The summed E-state index contributed by atoms with van der Waals surface area (Å²) in [5.41, 5.74) is 2.75. The highest BCUT2D eigenvalue weighted by Crippen LogP contribution is 2.27. The number of aryl methyl sites for hydroxylation is 1. The van der Waals surface area contributed by atoms with E-state index in [0.717, 1.165) is 25.6 Å². The summed E-state index contributed by atoms with van der Waals surface area (Å²) in [5, 5.41) is 3.78. The maximum atomic E-state index is 4.60. The molecule has 0 spiro atoms. The van der Waals surface area contributed by atoms with E-state index in [-0.39, 0.29) is 5.54 Å². The van der Waals surface area contributed by atoms with Gasteiger partial charge in [0, 0.05) is 37.4 Å². The summed E-state index contributed by atoms with van der Waals surface area (Å²) in [5.74, 6) is 0.721. The van der Waals surface area contributed by atoms with E-state index in [1.54, 1.807) is 0 Å². The summed E-state index contributed by atoms with van der Waals surface area (Å²) < 4.78 is 0. The summed E-state index contributed by atoms with van der Waals surface area (Å²) in [6.45, 7) is 14.6. The molecule has 21 heavy (non-hydrogen) atoms. The molecule has 1 aliphatic heterocycles. The Morgan fingerprint density at radius 3 is 2.86 bits per heavy atom. The molecule has 1 fully saturated rings. The van der Waals surface area contributed by atoms with Crippen molar-refractivity contribution in [2.24, 2.45) is 5.92 Å². The van der Waals surface area contributed by atoms with Crippen molar-refractivity contribution in [3.8, 4) is 0 Å². The van der Waals surface area contributed by atoms with Crippen LogP contribution in [0.3, 0.4) is 0 Å². The molecule has 118 valence electrons. The number of nitrogens with one attached hydrogen (secondary N) is 1. The van der Waals surface area contributed by atoms with Crippen LogP contribution in [-0.2, 0) is 6.54 Å². The monoisotopic (exact) mass is 289 g/mol. The van der Waals surface area contributed by atoms with Crippen LogP contribution < -0.4 is 5.32 Å². The van der Waals surface area contributed by atoms with Crippen molar-refractivity contribution in [1.29, 1.82) is 0 Å². The quantitative estimate of drug-likeness (QED) is 0.900. The van der Waals surface area contributed by atoms with Gasteiger partial charge in [-0.2, -0.15) is 0 Å². The Morgan fingerprint density at radius 1 is 1.48 bits per heavy atom. The van der Waals surface area contributed by atoms with Crippen molar-refractivity contribution < 1.29 is 0 Å².